The van der Waals surface area contributed by atoms with Crippen LogP contribution in [0.3, 0.4) is 0 Å². The van der Waals surface area contributed by atoms with E-state index in [0.29, 0.717) is 19.1 Å². The fourth-order valence-electron chi connectivity index (χ4n) is 4.15. The van der Waals surface area contributed by atoms with Crippen LogP contribution in [0.15, 0.2) is 0 Å². The lowest BCUT2D eigenvalue weighted by Gasteiger charge is -2.43. The summed E-state index contributed by atoms with van der Waals surface area (Å²) >= 11 is 1.67. The average Bonchev–Trinajstić information content (AvgIpc) is 2.89. The molecule has 1 unspecified atom stereocenters. The highest BCUT2D eigenvalue weighted by molar-refractivity contribution is 14.1. The number of rotatable bonds is 10. The standard InChI is InChI=1S/C18H35IN4O2/c19-25-18(24)8-16-21(10-4-9-20)11-5-13-23-15-6-14-22-12-3-1-2-7-17(22)23/h17H,1-16,20H2. The van der Waals surface area contributed by atoms with Gasteiger partial charge in [0.1, 0.15) is 0 Å². The second-order valence-electron chi connectivity index (χ2n) is 7.29. The molecule has 1 atom stereocenters. The normalized spacial score (nSPS) is 22.6. The maximum Gasteiger partial charge on any atom is 0.316 e. The van der Waals surface area contributed by atoms with Crippen LogP contribution in [0.4, 0.5) is 0 Å². The molecule has 0 spiro atoms. The van der Waals surface area contributed by atoms with E-state index in [-0.39, 0.29) is 5.97 Å². The number of hydrogen-bond acceptors (Lipinski definition) is 6. The lowest BCUT2D eigenvalue weighted by molar-refractivity contribution is -0.131. The summed E-state index contributed by atoms with van der Waals surface area (Å²) in [6, 6.07) is 0. The Bertz CT molecular complexity index is 386. The molecule has 0 aliphatic carbocycles. The molecule has 0 amide bonds. The molecule has 6 nitrogen and oxygen atoms in total. The van der Waals surface area contributed by atoms with E-state index in [1.165, 1.54) is 51.7 Å². The van der Waals surface area contributed by atoms with Gasteiger partial charge in [-0.25, -0.2) is 0 Å². The molecule has 2 aliphatic heterocycles. The summed E-state index contributed by atoms with van der Waals surface area (Å²) in [5.74, 6) is -0.136. The van der Waals surface area contributed by atoms with Gasteiger partial charge >= 0.3 is 5.97 Å². The van der Waals surface area contributed by atoms with E-state index in [1.807, 2.05) is 0 Å². The molecule has 2 fully saturated rings. The molecular weight excluding hydrogens is 431 g/mol. The van der Waals surface area contributed by atoms with Crippen molar-refractivity contribution in [3.8, 4) is 0 Å². The summed E-state index contributed by atoms with van der Waals surface area (Å²) in [6.07, 6.45) is 10.0. The van der Waals surface area contributed by atoms with Gasteiger partial charge in [-0.3, -0.25) is 14.6 Å². The number of carbonyl (C=O) groups excluding carboxylic acids is 1. The van der Waals surface area contributed by atoms with Crippen LogP contribution in [0, 0.1) is 0 Å². The van der Waals surface area contributed by atoms with Crippen molar-refractivity contribution < 1.29 is 7.86 Å². The van der Waals surface area contributed by atoms with Crippen molar-refractivity contribution in [3.05, 3.63) is 0 Å². The maximum atomic E-state index is 11.4. The minimum absolute atomic E-state index is 0.136. The Morgan fingerprint density at radius 1 is 1.08 bits per heavy atom. The Balaban J connectivity index is 1.75. The molecule has 2 rings (SSSR count). The van der Waals surface area contributed by atoms with Gasteiger partial charge in [0.2, 0.25) is 0 Å². The van der Waals surface area contributed by atoms with E-state index in [9.17, 15) is 4.79 Å². The zero-order valence-corrected chi connectivity index (χ0v) is 17.7. The largest absolute Gasteiger partial charge is 0.394 e. The van der Waals surface area contributed by atoms with Crippen molar-refractivity contribution in [2.24, 2.45) is 5.73 Å². The van der Waals surface area contributed by atoms with Gasteiger partial charge in [0.05, 0.1) is 12.6 Å². The van der Waals surface area contributed by atoms with Crippen molar-refractivity contribution in [1.82, 2.24) is 14.7 Å². The van der Waals surface area contributed by atoms with Crippen molar-refractivity contribution in [1.29, 1.82) is 0 Å². The summed E-state index contributed by atoms with van der Waals surface area (Å²) in [4.78, 5) is 19.2. The predicted octanol–water partition coefficient (Wildman–Crippen LogP) is 2.22. The molecule has 2 saturated heterocycles. The Morgan fingerprint density at radius 2 is 1.88 bits per heavy atom. The van der Waals surface area contributed by atoms with Crippen molar-refractivity contribution in [3.63, 3.8) is 0 Å². The summed E-state index contributed by atoms with van der Waals surface area (Å²) < 4.78 is 4.74. The lowest BCUT2D eigenvalue weighted by atomic mass is 10.1. The molecule has 146 valence electrons. The van der Waals surface area contributed by atoms with E-state index in [4.69, 9.17) is 8.80 Å². The number of nitrogens with two attached hydrogens (primary N) is 1. The minimum Gasteiger partial charge on any atom is -0.394 e. The smallest absolute Gasteiger partial charge is 0.316 e. The number of nitrogens with zero attached hydrogens (tertiary/aromatic N) is 3. The van der Waals surface area contributed by atoms with Crippen LogP contribution in [-0.4, -0.2) is 79.2 Å². The first-order valence-corrected chi connectivity index (χ1v) is 10.8. The molecule has 0 aromatic rings. The third-order valence-electron chi connectivity index (χ3n) is 5.46. The van der Waals surface area contributed by atoms with E-state index in [2.05, 4.69) is 14.7 Å². The Labute approximate surface area is 167 Å². The van der Waals surface area contributed by atoms with Gasteiger partial charge in [0.25, 0.3) is 0 Å². The summed E-state index contributed by atoms with van der Waals surface area (Å²) in [5, 5.41) is 0. The second kappa shape index (κ2) is 12.4. The minimum atomic E-state index is -0.136. The molecule has 2 aliphatic rings. The monoisotopic (exact) mass is 466 g/mol. The van der Waals surface area contributed by atoms with Gasteiger partial charge in [-0.2, -0.15) is 0 Å². The quantitative estimate of drug-likeness (QED) is 0.499. The van der Waals surface area contributed by atoms with E-state index >= 15 is 0 Å². The third kappa shape index (κ3) is 7.66. The van der Waals surface area contributed by atoms with Crippen molar-refractivity contribution in [2.45, 2.75) is 57.5 Å². The molecule has 0 radical (unpaired) electrons. The summed E-state index contributed by atoms with van der Waals surface area (Å²) in [7, 11) is 0. The topological polar surface area (TPSA) is 62.0 Å². The predicted molar refractivity (Wildman–Crippen MR) is 109 cm³/mol. The first kappa shape index (κ1) is 21.3. The highest BCUT2D eigenvalue weighted by Gasteiger charge is 2.29. The van der Waals surface area contributed by atoms with Crippen LogP contribution < -0.4 is 5.73 Å². The Morgan fingerprint density at radius 3 is 2.68 bits per heavy atom. The SMILES string of the molecule is NCCCN(CCCN1CCCN2CCCCCC21)CCC(=O)OI. The highest BCUT2D eigenvalue weighted by Crippen LogP contribution is 2.24. The van der Waals surface area contributed by atoms with Gasteiger partial charge in [0, 0.05) is 26.2 Å². The zero-order valence-electron chi connectivity index (χ0n) is 15.5. The van der Waals surface area contributed by atoms with Gasteiger partial charge in [-0.1, -0.05) is 12.8 Å². The fraction of sp³-hybridized carbons (Fsp3) is 0.944. The van der Waals surface area contributed by atoms with Gasteiger partial charge in [0.15, 0.2) is 23.0 Å². The van der Waals surface area contributed by atoms with Crippen LogP contribution in [0.1, 0.15) is 51.4 Å². The van der Waals surface area contributed by atoms with Crippen molar-refractivity contribution >= 4 is 29.0 Å². The maximum absolute atomic E-state index is 11.4. The van der Waals surface area contributed by atoms with Crippen molar-refractivity contribution in [2.75, 3.05) is 52.4 Å². The van der Waals surface area contributed by atoms with Gasteiger partial charge in [-0.05, 0) is 58.3 Å². The summed E-state index contributed by atoms with van der Waals surface area (Å²) in [6.45, 7) is 8.46. The summed E-state index contributed by atoms with van der Waals surface area (Å²) in [5.41, 5.74) is 5.66. The van der Waals surface area contributed by atoms with Crippen LogP contribution in [0.25, 0.3) is 0 Å². The number of fused-ring (bicyclic) bond motifs is 1. The third-order valence-corrected chi connectivity index (χ3v) is 5.95. The first-order chi connectivity index (χ1) is 12.2. The molecule has 7 heteroatoms. The van der Waals surface area contributed by atoms with Crippen LogP contribution in [0.2, 0.25) is 0 Å². The average molecular weight is 466 g/mol. The van der Waals surface area contributed by atoms with Crippen LogP contribution in [-0.2, 0) is 7.86 Å². The van der Waals surface area contributed by atoms with E-state index < -0.39 is 0 Å². The molecule has 0 aromatic carbocycles. The molecule has 2 heterocycles. The molecule has 25 heavy (non-hydrogen) atoms. The number of carbonyl (C=O) groups is 1. The van der Waals surface area contributed by atoms with E-state index in [0.717, 1.165) is 39.0 Å². The zero-order chi connectivity index (χ0) is 17.9. The molecular formula is C18H35IN4O2. The Kier molecular flexibility index (Phi) is 10.6. The lowest BCUT2D eigenvalue weighted by Crippen LogP contribution is -2.53. The van der Waals surface area contributed by atoms with Gasteiger partial charge < -0.3 is 13.7 Å². The Hall–Kier alpha value is 0.0400. The first-order valence-electron chi connectivity index (χ1n) is 9.96. The molecule has 2 N–H and O–H groups in total. The number of hydrogen-bond donors (Lipinski definition) is 1. The molecule has 0 saturated carbocycles. The second-order valence-corrected chi connectivity index (χ2v) is 7.73. The molecule has 0 aromatic heterocycles. The highest BCUT2D eigenvalue weighted by atomic mass is 127. The van der Waals surface area contributed by atoms with Gasteiger partial charge in [-0.15, -0.1) is 0 Å². The molecule has 0 bridgehead atoms. The van der Waals surface area contributed by atoms with E-state index in [1.54, 1.807) is 23.0 Å². The number of halogens is 1. The van der Waals surface area contributed by atoms with Crippen LogP contribution >= 0.6 is 23.0 Å². The van der Waals surface area contributed by atoms with Crippen LogP contribution in [0.5, 0.6) is 0 Å². The fourth-order valence-corrected chi connectivity index (χ4v) is 4.37.